The van der Waals surface area contributed by atoms with Gasteiger partial charge in [0.05, 0.1) is 17.0 Å². The van der Waals surface area contributed by atoms with Crippen molar-refractivity contribution < 1.29 is 15.5 Å². The molecule has 0 aromatic rings. The highest BCUT2D eigenvalue weighted by atomic mass is 16.4. The first-order chi connectivity index (χ1) is 9.31. The van der Waals surface area contributed by atoms with Crippen molar-refractivity contribution in [1.82, 2.24) is 0 Å². The molecule has 0 spiro atoms. The largest absolute Gasteiger partial charge is 0.411 e. The molecule has 0 amide bonds. The molecule has 110 valence electrons. The highest BCUT2D eigenvalue weighted by molar-refractivity contribution is 6.13. The van der Waals surface area contributed by atoms with Crippen LogP contribution in [0.1, 0.15) is 33.6 Å². The maximum absolute atomic E-state index is 11.2. The minimum Gasteiger partial charge on any atom is -0.411 e. The molecule has 4 aliphatic rings. The molecule has 0 aliphatic heterocycles. The standard InChI is InChI=1S/C15H22N2O3/c1-7(2)15-5-9-8(3)11(14(15,4)18)13(17-20)10(6-15)12(9)16-19/h8-11,18-20H,1,5-6H2,2-4H3/b16-12-,17-13-/t8?,9?,10?,11?,14-,15?/m1/s1. The number of hydrogen-bond donors (Lipinski definition) is 3. The molecule has 4 saturated carbocycles. The Hall–Kier alpha value is -1.36. The molecule has 0 heterocycles. The van der Waals surface area contributed by atoms with Gasteiger partial charge in [-0.1, -0.05) is 29.4 Å². The third-order valence-corrected chi connectivity index (χ3v) is 6.32. The van der Waals surface area contributed by atoms with Crippen molar-refractivity contribution in [2.45, 2.75) is 39.2 Å². The van der Waals surface area contributed by atoms with Crippen LogP contribution in [-0.4, -0.2) is 32.5 Å². The molecular formula is C15H22N2O3. The van der Waals surface area contributed by atoms with E-state index in [9.17, 15) is 15.5 Å². The Balaban J connectivity index is 2.24. The van der Waals surface area contributed by atoms with Gasteiger partial charge in [0.15, 0.2) is 0 Å². The van der Waals surface area contributed by atoms with Gasteiger partial charge in [-0.15, -0.1) is 0 Å². The van der Waals surface area contributed by atoms with Gasteiger partial charge < -0.3 is 15.5 Å². The van der Waals surface area contributed by atoms with Crippen LogP contribution in [-0.2, 0) is 0 Å². The molecule has 4 rings (SSSR count). The molecule has 5 nitrogen and oxygen atoms in total. The van der Waals surface area contributed by atoms with Gasteiger partial charge in [-0.25, -0.2) is 0 Å². The first-order valence-electron chi connectivity index (χ1n) is 7.14. The first-order valence-corrected chi connectivity index (χ1v) is 7.14. The van der Waals surface area contributed by atoms with Gasteiger partial charge in [0.1, 0.15) is 0 Å². The zero-order chi connectivity index (χ0) is 14.9. The highest BCUT2D eigenvalue weighted by Crippen LogP contribution is 2.66. The summed E-state index contributed by atoms with van der Waals surface area (Å²) in [6, 6.07) is 0. The molecule has 0 radical (unpaired) electrons. The zero-order valence-electron chi connectivity index (χ0n) is 12.2. The molecule has 6 atom stereocenters. The molecule has 3 N–H and O–H groups in total. The summed E-state index contributed by atoms with van der Waals surface area (Å²) in [5, 5.41) is 36.9. The summed E-state index contributed by atoms with van der Waals surface area (Å²) < 4.78 is 0. The summed E-state index contributed by atoms with van der Waals surface area (Å²) in [5.74, 6) is -0.189. The van der Waals surface area contributed by atoms with Crippen LogP contribution in [0, 0.1) is 29.1 Å². The van der Waals surface area contributed by atoms with E-state index in [1.54, 1.807) is 0 Å². The predicted octanol–water partition coefficient (Wildman–Crippen LogP) is 2.27. The Morgan fingerprint density at radius 2 is 1.85 bits per heavy atom. The van der Waals surface area contributed by atoms with Crippen LogP contribution < -0.4 is 0 Å². The second-order valence-electron chi connectivity index (χ2n) is 6.96. The molecule has 5 unspecified atom stereocenters. The van der Waals surface area contributed by atoms with Gasteiger partial charge in [-0.05, 0) is 32.6 Å². The summed E-state index contributed by atoms with van der Waals surface area (Å²) in [6.07, 6.45) is 1.36. The van der Waals surface area contributed by atoms with Crippen molar-refractivity contribution in [2.24, 2.45) is 39.4 Å². The minimum atomic E-state index is -0.978. The number of nitrogens with zero attached hydrogens (tertiary/aromatic N) is 2. The number of hydrogen-bond acceptors (Lipinski definition) is 5. The fourth-order valence-corrected chi connectivity index (χ4v) is 5.27. The number of rotatable bonds is 1. The molecule has 0 aromatic heterocycles. The molecular weight excluding hydrogens is 256 g/mol. The lowest BCUT2D eigenvalue weighted by molar-refractivity contribution is -0.154. The van der Waals surface area contributed by atoms with Crippen LogP contribution in [0.3, 0.4) is 0 Å². The van der Waals surface area contributed by atoms with Gasteiger partial charge in [0, 0.05) is 23.2 Å². The van der Waals surface area contributed by atoms with Crippen molar-refractivity contribution in [1.29, 1.82) is 0 Å². The zero-order valence-corrected chi connectivity index (χ0v) is 12.2. The lowest BCUT2D eigenvalue weighted by Gasteiger charge is -2.66. The molecule has 20 heavy (non-hydrogen) atoms. The Morgan fingerprint density at radius 1 is 1.25 bits per heavy atom. The normalized spacial score (nSPS) is 53.8. The predicted molar refractivity (Wildman–Crippen MR) is 75.2 cm³/mol. The lowest BCUT2D eigenvalue weighted by atomic mass is 9.38. The quantitative estimate of drug-likeness (QED) is 0.391. The summed E-state index contributed by atoms with van der Waals surface area (Å²) in [5.41, 5.74) is 0.857. The molecule has 4 aliphatic carbocycles. The Morgan fingerprint density at radius 3 is 2.35 bits per heavy atom. The Kier molecular flexibility index (Phi) is 2.62. The van der Waals surface area contributed by atoms with Crippen LogP contribution in [0.25, 0.3) is 0 Å². The van der Waals surface area contributed by atoms with Gasteiger partial charge in [-0.2, -0.15) is 0 Å². The Bertz CT molecular complexity index is 537. The SMILES string of the molecule is C=C(C)C12CC3/C(=N\O)C(C1)C(C)C(/C3=N\O)[C@@]2(C)O. The average molecular weight is 278 g/mol. The number of aliphatic hydroxyl groups is 1. The summed E-state index contributed by atoms with van der Waals surface area (Å²) >= 11 is 0. The van der Waals surface area contributed by atoms with Crippen LogP contribution >= 0.6 is 0 Å². The van der Waals surface area contributed by atoms with Gasteiger partial charge in [0.2, 0.25) is 0 Å². The topological polar surface area (TPSA) is 85.4 Å². The van der Waals surface area contributed by atoms with E-state index in [4.69, 9.17) is 0 Å². The van der Waals surface area contributed by atoms with Crippen LogP contribution in [0.2, 0.25) is 0 Å². The van der Waals surface area contributed by atoms with Crippen LogP contribution in [0.5, 0.6) is 0 Å². The van der Waals surface area contributed by atoms with Crippen molar-refractivity contribution in [3.8, 4) is 0 Å². The van der Waals surface area contributed by atoms with Crippen molar-refractivity contribution in [2.75, 3.05) is 0 Å². The maximum Gasteiger partial charge on any atom is 0.0797 e. The fraction of sp³-hybridized carbons (Fsp3) is 0.733. The van der Waals surface area contributed by atoms with E-state index in [2.05, 4.69) is 16.9 Å². The van der Waals surface area contributed by atoms with E-state index in [1.807, 2.05) is 20.8 Å². The summed E-state index contributed by atoms with van der Waals surface area (Å²) in [6.45, 7) is 9.93. The molecule has 5 heteroatoms. The monoisotopic (exact) mass is 278 g/mol. The van der Waals surface area contributed by atoms with Crippen molar-refractivity contribution >= 4 is 11.4 Å². The molecule has 4 fully saturated rings. The van der Waals surface area contributed by atoms with E-state index in [0.717, 1.165) is 12.0 Å². The van der Waals surface area contributed by atoms with Crippen LogP contribution in [0.15, 0.2) is 22.5 Å². The first kappa shape index (κ1) is 13.6. The van der Waals surface area contributed by atoms with Gasteiger partial charge in [-0.3, -0.25) is 0 Å². The molecule has 0 aromatic carbocycles. The minimum absolute atomic E-state index is 0.0887. The van der Waals surface area contributed by atoms with Crippen LogP contribution in [0.4, 0.5) is 0 Å². The molecule has 4 bridgehead atoms. The van der Waals surface area contributed by atoms with E-state index < -0.39 is 5.60 Å². The second kappa shape index (κ2) is 3.85. The van der Waals surface area contributed by atoms with E-state index >= 15 is 0 Å². The Labute approximate surface area is 118 Å². The summed E-state index contributed by atoms with van der Waals surface area (Å²) in [7, 11) is 0. The van der Waals surface area contributed by atoms with Gasteiger partial charge >= 0.3 is 0 Å². The summed E-state index contributed by atoms with van der Waals surface area (Å²) in [4.78, 5) is 0. The van der Waals surface area contributed by atoms with E-state index in [1.165, 1.54) is 0 Å². The average Bonchev–Trinajstić information content (AvgIpc) is 2.39. The van der Waals surface area contributed by atoms with E-state index in [0.29, 0.717) is 17.8 Å². The third kappa shape index (κ3) is 1.23. The lowest BCUT2D eigenvalue weighted by Crippen LogP contribution is -2.72. The maximum atomic E-state index is 11.2. The fourth-order valence-electron chi connectivity index (χ4n) is 5.27. The van der Waals surface area contributed by atoms with E-state index in [-0.39, 0.29) is 29.1 Å². The number of oxime groups is 2. The highest BCUT2D eigenvalue weighted by Gasteiger charge is 2.70. The van der Waals surface area contributed by atoms with Gasteiger partial charge in [0.25, 0.3) is 0 Å². The smallest absolute Gasteiger partial charge is 0.0797 e. The van der Waals surface area contributed by atoms with Crippen molar-refractivity contribution in [3.63, 3.8) is 0 Å². The second-order valence-corrected chi connectivity index (χ2v) is 6.96. The molecule has 0 saturated heterocycles. The third-order valence-electron chi connectivity index (χ3n) is 6.32. The van der Waals surface area contributed by atoms with Crippen molar-refractivity contribution in [3.05, 3.63) is 12.2 Å².